The van der Waals surface area contributed by atoms with Crippen molar-refractivity contribution >= 4 is 0 Å². The van der Waals surface area contributed by atoms with E-state index in [4.69, 9.17) is 6.42 Å². The van der Waals surface area contributed by atoms with Crippen molar-refractivity contribution < 1.29 is 0 Å². The second-order valence-electron chi connectivity index (χ2n) is 3.56. The molecule has 0 aromatic rings. The number of rotatable bonds is 3. The summed E-state index contributed by atoms with van der Waals surface area (Å²) in [5, 5.41) is 3.43. The second-order valence-corrected chi connectivity index (χ2v) is 3.56. The summed E-state index contributed by atoms with van der Waals surface area (Å²) in [5.41, 5.74) is 0. The highest BCUT2D eigenvalue weighted by Crippen LogP contribution is 2.08. The molecule has 0 aliphatic carbocycles. The van der Waals surface area contributed by atoms with Crippen molar-refractivity contribution in [3.63, 3.8) is 0 Å². The molecule has 1 rings (SSSR count). The molecule has 1 saturated heterocycles. The van der Waals surface area contributed by atoms with Crippen molar-refractivity contribution in [2.24, 2.45) is 0 Å². The van der Waals surface area contributed by atoms with E-state index in [-0.39, 0.29) is 0 Å². The minimum Gasteiger partial charge on any atom is -0.303 e. The smallest absolute Gasteiger partial charge is 0.0598 e. The van der Waals surface area contributed by atoms with Crippen LogP contribution >= 0.6 is 0 Å². The van der Waals surface area contributed by atoms with Crippen molar-refractivity contribution in [2.75, 3.05) is 26.2 Å². The first-order valence-electron chi connectivity index (χ1n) is 5.15. The molecule has 0 amide bonds. The molecule has 0 unspecified atom stereocenters. The van der Waals surface area contributed by atoms with Gasteiger partial charge in [-0.15, -0.1) is 12.3 Å². The lowest BCUT2D eigenvalue weighted by atomic mass is 10.1. The molecule has 1 aliphatic heterocycles. The van der Waals surface area contributed by atoms with Gasteiger partial charge in [0, 0.05) is 19.1 Å². The van der Waals surface area contributed by atoms with Crippen LogP contribution in [0.1, 0.15) is 19.8 Å². The molecule has 1 heterocycles. The number of nitrogens with zero attached hydrogens (tertiary/aromatic N) is 1. The average Bonchev–Trinajstić information content (AvgIpc) is 2.21. The molecule has 0 atom stereocenters. The number of hydrogen-bond acceptors (Lipinski definition) is 2. The third kappa shape index (κ3) is 3.83. The zero-order valence-corrected chi connectivity index (χ0v) is 8.84. The number of likely N-dealkylation sites (tertiary alicyclic amines) is 1. The van der Waals surface area contributed by atoms with E-state index in [9.17, 15) is 0 Å². The van der Waals surface area contributed by atoms with Gasteiger partial charge in [0.1, 0.15) is 0 Å². The van der Waals surface area contributed by atoms with Gasteiger partial charge in [-0.2, -0.15) is 0 Å². The van der Waals surface area contributed by atoms with E-state index in [1.54, 1.807) is 0 Å². The first-order valence-corrected chi connectivity index (χ1v) is 5.15. The Kier molecular flexibility index (Phi) is 5.15. The maximum absolute atomic E-state index is 5.27. The zero-order chi connectivity index (χ0) is 10.2. The van der Waals surface area contributed by atoms with Gasteiger partial charge in [0.05, 0.1) is 13.1 Å². The molecule has 1 fully saturated rings. The predicted octanol–water partition coefficient (Wildman–Crippen LogP) is 0.697. The van der Waals surface area contributed by atoms with E-state index < -0.39 is 0 Å². The van der Waals surface area contributed by atoms with Gasteiger partial charge in [0.15, 0.2) is 0 Å². The molecular weight excluding hydrogens is 172 g/mol. The molecule has 0 saturated carbocycles. The molecule has 0 radical (unpaired) electrons. The maximum atomic E-state index is 5.27. The molecule has 0 bridgehead atoms. The number of piperidine rings is 1. The molecule has 76 valence electrons. The molecule has 1 aliphatic rings. The van der Waals surface area contributed by atoms with Crippen LogP contribution < -0.4 is 5.32 Å². The number of hydrogen-bond donors (Lipinski definition) is 1. The molecule has 0 spiro atoms. The summed E-state index contributed by atoms with van der Waals surface area (Å²) in [6, 6.07) is 0.630. The fraction of sp³-hybridized carbons (Fsp3) is 0.667. The van der Waals surface area contributed by atoms with Gasteiger partial charge < -0.3 is 5.32 Å². The Hall–Kier alpha value is -0.960. The normalized spacial score (nSPS) is 18.3. The van der Waals surface area contributed by atoms with Gasteiger partial charge in [-0.3, -0.25) is 4.90 Å². The highest BCUT2D eigenvalue weighted by molar-refractivity contribution is 4.98. The van der Waals surface area contributed by atoms with Crippen LogP contribution in [0.4, 0.5) is 0 Å². The first kappa shape index (κ1) is 11.1. The molecule has 2 nitrogen and oxygen atoms in total. The summed E-state index contributed by atoms with van der Waals surface area (Å²) >= 11 is 0. The van der Waals surface area contributed by atoms with E-state index in [2.05, 4.69) is 28.0 Å². The lowest BCUT2D eigenvalue weighted by molar-refractivity contribution is 0.221. The van der Waals surface area contributed by atoms with Crippen LogP contribution in [0, 0.1) is 24.2 Å². The Bertz CT molecular complexity index is 246. The Morgan fingerprint density at radius 1 is 1.43 bits per heavy atom. The fourth-order valence-electron chi connectivity index (χ4n) is 1.71. The average molecular weight is 190 g/mol. The van der Waals surface area contributed by atoms with Gasteiger partial charge in [0.2, 0.25) is 0 Å². The van der Waals surface area contributed by atoms with Gasteiger partial charge in [0.25, 0.3) is 0 Å². The monoisotopic (exact) mass is 190 g/mol. The molecule has 0 aromatic heterocycles. The van der Waals surface area contributed by atoms with Crippen LogP contribution in [0.25, 0.3) is 0 Å². The third-order valence-corrected chi connectivity index (χ3v) is 2.56. The summed E-state index contributed by atoms with van der Waals surface area (Å²) in [5.74, 6) is 8.60. The van der Waals surface area contributed by atoms with Crippen LogP contribution in [0.2, 0.25) is 0 Å². The SMILES string of the molecule is C#CCN1CCC(NCC#CC)CC1. The Balaban J connectivity index is 2.15. The van der Waals surface area contributed by atoms with Gasteiger partial charge in [-0.25, -0.2) is 0 Å². The highest BCUT2D eigenvalue weighted by Gasteiger charge is 2.16. The minimum atomic E-state index is 0.630. The summed E-state index contributed by atoms with van der Waals surface area (Å²) in [6.45, 7) is 5.71. The van der Waals surface area contributed by atoms with Gasteiger partial charge in [-0.1, -0.05) is 11.8 Å². The van der Waals surface area contributed by atoms with Crippen LogP contribution in [0.5, 0.6) is 0 Å². The molecule has 2 heteroatoms. The van der Waals surface area contributed by atoms with Gasteiger partial charge >= 0.3 is 0 Å². The van der Waals surface area contributed by atoms with E-state index >= 15 is 0 Å². The Labute approximate surface area is 87.1 Å². The summed E-state index contributed by atoms with van der Waals surface area (Å²) in [4.78, 5) is 2.32. The fourth-order valence-corrected chi connectivity index (χ4v) is 1.71. The van der Waals surface area contributed by atoms with Crippen molar-refractivity contribution in [1.29, 1.82) is 0 Å². The minimum absolute atomic E-state index is 0.630. The van der Waals surface area contributed by atoms with Gasteiger partial charge in [-0.05, 0) is 19.8 Å². The second kappa shape index (κ2) is 6.49. The molecule has 14 heavy (non-hydrogen) atoms. The standard InChI is InChI=1S/C12H18N2/c1-3-5-8-13-12-6-10-14(9-4-2)11-7-12/h2,12-13H,6-11H2,1H3. The topological polar surface area (TPSA) is 15.3 Å². The number of terminal acetylenes is 1. The van der Waals surface area contributed by atoms with Crippen LogP contribution in [0.3, 0.4) is 0 Å². The molecular formula is C12H18N2. The van der Waals surface area contributed by atoms with E-state index in [0.29, 0.717) is 6.04 Å². The highest BCUT2D eigenvalue weighted by atomic mass is 15.1. The molecule has 0 aromatic carbocycles. The van der Waals surface area contributed by atoms with Crippen LogP contribution in [0.15, 0.2) is 0 Å². The van der Waals surface area contributed by atoms with Crippen molar-refractivity contribution in [1.82, 2.24) is 10.2 Å². The van der Waals surface area contributed by atoms with Crippen molar-refractivity contribution in [2.45, 2.75) is 25.8 Å². The van der Waals surface area contributed by atoms with Crippen molar-refractivity contribution in [3.8, 4) is 24.2 Å². The van der Waals surface area contributed by atoms with Crippen molar-refractivity contribution in [3.05, 3.63) is 0 Å². The van der Waals surface area contributed by atoms with E-state index in [1.165, 1.54) is 12.8 Å². The van der Waals surface area contributed by atoms with Crippen LogP contribution in [-0.2, 0) is 0 Å². The quantitative estimate of drug-likeness (QED) is 0.659. The maximum Gasteiger partial charge on any atom is 0.0598 e. The molecule has 1 N–H and O–H groups in total. The summed E-state index contributed by atoms with van der Waals surface area (Å²) in [7, 11) is 0. The zero-order valence-electron chi connectivity index (χ0n) is 8.84. The first-order chi connectivity index (χ1) is 6.86. The summed E-state index contributed by atoms with van der Waals surface area (Å²) < 4.78 is 0. The van der Waals surface area contributed by atoms with E-state index in [1.807, 2.05) is 6.92 Å². The largest absolute Gasteiger partial charge is 0.303 e. The third-order valence-electron chi connectivity index (χ3n) is 2.56. The number of nitrogens with one attached hydrogen (secondary N) is 1. The van der Waals surface area contributed by atoms with Crippen LogP contribution in [-0.4, -0.2) is 37.1 Å². The lowest BCUT2D eigenvalue weighted by Gasteiger charge is -2.30. The summed E-state index contributed by atoms with van der Waals surface area (Å²) in [6.07, 6.45) is 7.64. The predicted molar refractivity (Wildman–Crippen MR) is 59.7 cm³/mol. The Morgan fingerprint density at radius 2 is 2.14 bits per heavy atom. The van der Waals surface area contributed by atoms with E-state index in [0.717, 1.165) is 26.2 Å². The lowest BCUT2D eigenvalue weighted by Crippen LogP contribution is -2.42. The Morgan fingerprint density at radius 3 is 2.71 bits per heavy atom.